The minimum absolute atomic E-state index is 0.0461. The largest absolute Gasteiger partial charge is 0.416 e. The molecule has 1 amide bonds. The molecule has 1 heterocycles. The van der Waals surface area contributed by atoms with Gasteiger partial charge >= 0.3 is 6.18 Å². The molecule has 0 bridgehead atoms. The van der Waals surface area contributed by atoms with Gasteiger partial charge in [-0.2, -0.15) is 18.3 Å². The maximum atomic E-state index is 13.1. The van der Waals surface area contributed by atoms with Crippen molar-refractivity contribution in [2.75, 3.05) is 11.9 Å². The van der Waals surface area contributed by atoms with Crippen molar-refractivity contribution in [2.24, 2.45) is 0 Å². The molecule has 1 fully saturated rings. The first kappa shape index (κ1) is 20.3. The molecule has 3 rings (SSSR count). The number of hydrogen-bond acceptors (Lipinski definition) is 4. The highest BCUT2D eigenvalue weighted by molar-refractivity contribution is 5.94. The molecule has 0 spiro atoms. The maximum Gasteiger partial charge on any atom is 0.416 e. The average molecular weight is 395 g/mol. The molecule has 0 atom stereocenters. The molecule has 6 nitrogen and oxygen atoms in total. The van der Waals surface area contributed by atoms with Crippen molar-refractivity contribution in [3.05, 3.63) is 36.4 Å². The molecule has 0 unspecified atom stereocenters. The second-order valence-electron chi connectivity index (χ2n) is 7.04. The van der Waals surface area contributed by atoms with Crippen LogP contribution in [-0.2, 0) is 11.0 Å². The average Bonchev–Trinajstić information content (AvgIpc) is 3.14. The number of rotatable bonds is 5. The SMILES string of the molecule is O=C(CNC1CCCCCCC1)Nc1cc(C(F)(F)F)ccc1-n1cncn1. The Morgan fingerprint density at radius 3 is 2.50 bits per heavy atom. The molecular formula is C19H24F3N5O. The maximum absolute atomic E-state index is 13.1. The molecular weight excluding hydrogens is 371 g/mol. The first-order chi connectivity index (χ1) is 13.4. The van der Waals surface area contributed by atoms with Crippen molar-refractivity contribution in [3.8, 4) is 5.69 Å². The zero-order valence-corrected chi connectivity index (χ0v) is 15.5. The van der Waals surface area contributed by atoms with E-state index in [2.05, 4.69) is 20.7 Å². The predicted octanol–water partition coefficient (Wildman–Crippen LogP) is 3.93. The van der Waals surface area contributed by atoms with Crippen LogP contribution in [0.2, 0.25) is 0 Å². The Kier molecular flexibility index (Phi) is 6.66. The minimum Gasteiger partial charge on any atom is -0.323 e. The van der Waals surface area contributed by atoms with Crippen molar-refractivity contribution in [1.82, 2.24) is 20.1 Å². The van der Waals surface area contributed by atoms with Crippen molar-refractivity contribution < 1.29 is 18.0 Å². The summed E-state index contributed by atoms with van der Waals surface area (Å²) < 4.78 is 40.6. The van der Waals surface area contributed by atoms with E-state index in [1.54, 1.807) is 0 Å². The monoisotopic (exact) mass is 395 g/mol. The standard InChI is InChI=1S/C19H24F3N5O/c20-19(21,22)14-8-9-17(27-13-23-12-25-27)16(10-14)26-18(28)11-24-15-6-4-2-1-3-5-7-15/h8-10,12-13,15,24H,1-7,11H2,(H,26,28). The molecule has 1 aromatic carbocycles. The second-order valence-corrected chi connectivity index (χ2v) is 7.04. The Labute approximate surface area is 161 Å². The van der Waals surface area contributed by atoms with Gasteiger partial charge in [-0.05, 0) is 31.0 Å². The highest BCUT2D eigenvalue weighted by atomic mass is 19.4. The lowest BCUT2D eigenvalue weighted by Crippen LogP contribution is -2.36. The van der Waals surface area contributed by atoms with Crippen LogP contribution in [0.25, 0.3) is 5.69 Å². The molecule has 1 aliphatic carbocycles. The van der Waals surface area contributed by atoms with Gasteiger partial charge in [0.25, 0.3) is 0 Å². The number of benzene rings is 1. The minimum atomic E-state index is -4.50. The smallest absolute Gasteiger partial charge is 0.323 e. The van der Waals surface area contributed by atoms with Crippen LogP contribution in [0, 0.1) is 0 Å². The Morgan fingerprint density at radius 2 is 1.86 bits per heavy atom. The van der Waals surface area contributed by atoms with Gasteiger partial charge in [0.2, 0.25) is 5.91 Å². The van der Waals surface area contributed by atoms with E-state index in [4.69, 9.17) is 0 Å². The summed E-state index contributed by atoms with van der Waals surface area (Å²) in [5, 5.41) is 9.77. The zero-order chi connectivity index (χ0) is 20.0. The topological polar surface area (TPSA) is 71.8 Å². The van der Waals surface area contributed by atoms with Crippen LogP contribution in [0.4, 0.5) is 18.9 Å². The van der Waals surface area contributed by atoms with Gasteiger partial charge in [0.05, 0.1) is 23.5 Å². The van der Waals surface area contributed by atoms with E-state index in [1.807, 2.05) is 0 Å². The number of hydrogen-bond donors (Lipinski definition) is 2. The molecule has 0 radical (unpaired) electrons. The van der Waals surface area contributed by atoms with Gasteiger partial charge in [0.15, 0.2) is 0 Å². The van der Waals surface area contributed by atoms with E-state index in [9.17, 15) is 18.0 Å². The fourth-order valence-electron chi connectivity index (χ4n) is 3.44. The number of aromatic nitrogens is 3. The predicted molar refractivity (Wildman–Crippen MR) is 99.1 cm³/mol. The Morgan fingerprint density at radius 1 is 1.14 bits per heavy atom. The highest BCUT2D eigenvalue weighted by Gasteiger charge is 2.31. The van der Waals surface area contributed by atoms with E-state index >= 15 is 0 Å². The molecule has 1 aromatic heterocycles. The molecule has 1 aliphatic rings. The number of nitrogens with one attached hydrogen (secondary N) is 2. The summed E-state index contributed by atoms with van der Waals surface area (Å²) in [5.41, 5.74) is -0.464. The summed E-state index contributed by atoms with van der Waals surface area (Å²) in [6, 6.07) is 3.42. The molecule has 2 N–H and O–H groups in total. The first-order valence-corrected chi connectivity index (χ1v) is 9.53. The summed E-state index contributed by atoms with van der Waals surface area (Å²) in [6.07, 6.45) is 6.09. The van der Waals surface area contributed by atoms with Crippen molar-refractivity contribution >= 4 is 11.6 Å². The van der Waals surface area contributed by atoms with E-state index in [0.29, 0.717) is 5.69 Å². The first-order valence-electron chi connectivity index (χ1n) is 9.53. The Bertz CT molecular complexity index is 768. The van der Waals surface area contributed by atoms with E-state index in [-0.39, 0.29) is 24.2 Å². The third-order valence-electron chi connectivity index (χ3n) is 4.92. The van der Waals surface area contributed by atoms with Crippen LogP contribution in [0.1, 0.15) is 50.5 Å². The number of anilines is 1. The summed E-state index contributed by atoms with van der Waals surface area (Å²) in [6.45, 7) is 0.0533. The number of carbonyl (C=O) groups is 1. The fourth-order valence-corrected chi connectivity index (χ4v) is 3.44. The van der Waals surface area contributed by atoms with Crippen LogP contribution in [-0.4, -0.2) is 33.3 Å². The molecule has 1 saturated carbocycles. The van der Waals surface area contributed by atoms with E-state index < -0.39 is 11.7 Å². The highest BCUT2D eigenvalue weighted by Crippen LogP contribution is 2.33. The van der Waals surface area contributed by atoms with Crippen molar-refractivity contribution in [3.63, 3.8) is 0 Å². The van der Waals surface area contributed by atoms with Crippen molar-refractivity contribution in [1.29, 1.82) is 0 Å². The summed E-state index contributed by atoms with van der Waals surface area (Å²) in [7, 11) is 0. The molecule has 0 aliphatic heterocycles. The molecule has 2 aromatic rings. The van der Waals surface area contributed by atoms with Gasteiger partial charge in [-0.1, -0.05) is 32.1 Å². The lowest BCUT2D eigenvalue weighted by atomic mass is 9.97. The van der Waals surface area contributed by atoms with E-state index in [0.717, 1.165) is 37.8 Å². The van der Waals surface area contributed by atoms with Gasteiger partial charge in [-0.3, -0.25) is 4.79 Å². The van der Waals surface area contributed by atoms with Crippen molar-refractivity contribution in [2.45, 2.75) is 57.2 Å². The van der Waals surface area contributed by atoms with Crippen LogP contribution < -0.4 is 10.6 Å². The lowest BCUT2D eigenvalue weighted by molar-refractivity contribution is -0.137. The number of nitrogens with zero attached hydrogens (tertiary/aromatic N) is 3. The molecule has 152 valence electrons. The third-order valence-corrected chi connectivity index (χ3v) is 4.92. The van der Waals surface area contributed by atoms with Crippen LogP contribution in [0.5, 0.6) is 0 Å². The number of halogens is 3. The number of amides is 1. The van der Waals surface area contributed by atoms with E-state index in [1.165, 1.54) is 42.7 Å². The number of alkyl halides is 3. The van der Waals surface area contributed by atoms with Crippen LogP contribution in [0.3, 0.4) is 0 Å². The third kappa shape index (κ3) is 5.54. The molecule has 9 heteroatoms. The number of carbonyl (C=O) groups excluding carboxylic acids is 1. The van der Waals surface area contributed by atoms with Crippen LogP contribution in [0.15, 0.2) is 30.9 Å². The zero-order valence-electron chi connectivity index (χ0n) is 15.5. The second kappa shape index (κ2) is 9.18. The van der Waals surface area contributed by atoms with Gasteiger partial charge < -0.3 is 10.6 Å². The van der Waals surface area contributed by atoms with Gasteiger partial charge in [-0.15, -0.1) is 0 Å². The fraction of sp³-hybridized carbons (Fsp3) is 0.526. The Balaban J connectivity index is 1.69. The van der Waals surface area contributed by atoms with Gasteiger partial charge in [0, 0.05) is 6.04 Å². The summed E-state index contributed by atoms with van der Waals surface area (Å²) in [5.74, 6) is -0.386. The molecule has 0 saturated heterocycles. The lowest BCUT2D eigenvalue weighted by Gasteiger charge is -2.21. The Hall–Kier alpha value is -2.42. The normalized spacial score (nSPS) is 16.4. The van der Waals surface area contributed by atoms with Gasteiger partial charge in [0.1, 0.15) is 12.7 Å². The summed E-state index contributed by atoms with van der Waals surface area (Å²) in [4.78, 5) is 16.2. The van der Waals surface area contributed by atoms with Gasteiger partial charge in [-0.25, -0.2) is 9.67 Å². The van der Waals surface area contributed by atoms with Crippen LogP contribution >= 0.6 is 0 Å². The quantitative estimate of drug-likeness (QED) is 0.805. The summed E-state index contributed by atoms with van der Waals surface area (Å²) >= 11 is 0. The molecule has 28 heavy (non-hydrogen) atoms.